The second kappa shape index (κ2) is 8.16. The SMILES string of the molecule is CCOC(=O)N1CCN([C@H]2CCCN(Cc3c(C)nc4sccn34)C2)CC1. The van der Waals surface area contributed by atoms with Crippen molar-refractivity contribution in [2.24, 2.45) is 0 Å². The van der Waals surface area contributed by atoms with Crippen LogP contribution < -0.4 is 0 Å². The zero-order valence-electron chi connectivity index (χ0n) is 16.3. The number of amides is 1. The number of likely N-dealkylation sites (tertiary alicyclic amines) is 1. The van der Waals surface area contributed by atoms with E-state index in [1.54, 1.807) is 11.3 Å². The van der Waals surface area contributed by atoms with E-state index in [-0.39, 0.29) is 6.09 Å². The molecule has 2 aromatic heterocycles. The van der Waals surface area contributed by atoms with Crippen LogP contribution in [0.25, 0.3) is 4.96 Å². The van der Waals surface area contributed by atoms with Gasteiger partial charge in [-0.25, -0.2) is 9.78 Å². The van der Waals surface area contributed by atoms with Crippen molar-refractivity contribution in [2.75, 3.05) is 45.9 Å². The summed E-state index contributed by atoms with van der Waals surface area (Å²) in [6.07, 6.45) is 4.44. The maximum Gasteiger partial charge on any atom is 0.409 e. The first kappa shape index (κ1) is 18.7. The number of hydrogen-bond donors (Lipinski definition) is 0. The highest BCUT2D eigenvalue weighted by Crippen LogP contribution is 2.22. The minimum atomic E-state index is -0.168. The molecule has 2 aromatic rings. The van der Waals surface area contributed by atoms with Crippen molar-refractivity contribution < 1.29 is 9.53 Å². The van der Waals surface area contributed by atoms with E-state index in [1.165, 1.54) is 18.5 Å². The van der Waals surface area contributed by atoms with E-state index in [2.05, 4.69) is 37.7 Å². The lowest BCUT2D eigenvalue weighted by atomic mass is 10.0. The average Bonchev–Trinajstić information content (AvgIpc) is 3.25. The van der Waals surface area contributed by atoms with Gasteiger partial charge >= 0.3 is 6.09 Å². The lowest BCUT2D eigenvalue weighted by Crippen LogP contribution is -2.55. The first-order chi connectivity index (χ1) is 13.2. The summed E-state index contributed by atoms with van der Waals surface area (Å²) in [5.74, 6) is 0. The Bertz CT molecular complexity index is 780. The number of aryl methyl sites for hydroxylation is 1. The van der Waals surface area contributed by atoms with Gasteiger partial charge < -0.3 is 9.64 Å². The van der Waals surface area contributed by atoms with Crippen molar-refractivity contribution >= 4 is 22.4 Å². The fourth-order valence-electron chi connectivity index (χ4n) is 4.30. The number of aromatic nitrogens is 2. The zero-order valence-corrected chi connectivity index (χ0v) is 17.1. The van der Waals surface area contributed by atoms with Crippen molar-refractivity contribution in [1.82, 2.24) is 24.1 Å². The molecule has 2 saturated heterocycles. The monoisotopic (exact) mass is 391 g/mol. The first-order valence-corrected chi connectivity index (χ1v) is 10.8. The highest BCUT2D eigenvalue weighted by molar-refractivity contribution is 7.15. The number of carbonyl (C=O) groups excluding carboxylic acids is 1. The third-order valence-electron chi connectivity index (χ3n) is 5.77. The van der Waals surface area contributed by atoms with Crippen LogP contribution in [0.2, 0.25) is 0 Å². The molecular formula is C19H29N5O2S. The van der Waals surface area contributed by atoms with Gasteiger partial charge in [-0.3, -0.25) is 14.2 Å². The molecular weight excluding hydrogens is 362 g/mol. The third kappa shape index (κ3) is 3.97. The summed E-state index contributed by atoms with van der Waals surface area (Å²) >= 11 is 1.70. The number of imidazole rings is 1. The molecule has 0 aliphatic carbocycles. The molecule has 27 heavy (non-hydrogen) atoms. The van der Waals surface area contributed by atoms with Crippen LogP contribution in [0.3, 0.4) is 0 Å². The van der Waals surface area contributed by atoms with Crippen LogP contribution >= 0.6 is 11.3 Å². The Morgan fingerprint density at radius 1 is 1.30 bits per heavy atom. The standard InChI is InChI=1S/C19H29N5O2S/c1-3-26-19(25)23-9-7-22(8-10-23)16-5-4-6-21(13-16)14-17-15(2)20-18-24(17)11-12-27-18/h11-12,16H,3-10,13-14H2,1-2H3/t16-/m0/s1. The molecule has 0 unspecified atom stereocenters. The Balaban J connectivity index is 1.34. The number of piperidine rings is 1. The molecule has 0 aromatic carbocycles. The number of nitrogens with zero attached hydrogens (tertiary/aromatic N) is 5. The lowest BCUT2D eigenvalue weighted by Gasteiger charge is -2.43. The van der Waals surface area contributed by atoms with E-state index < -0.39 is 0 Å². The highest BCUT2D eigenvalue weighted by Gasteiger charge is 2.30. The highest BCUT2D eigenvalue weighted by atomic mass is 32.1. The number of thiazole rings is 1. The van der Waals surface area contributed by atoms with Crippen LogP contribution in [-0.4, -0.2) is 82.1 Å². The number of rotatable bonds is 4. The molecule has 7 nitrogen and oxygen atoms in total. The van der Waals surface area contributed by atoms with Gasteiger partial charge in [0.1, 0.15) is 0 Å². The number of hydrogen-bond acceptors (Lipinski definition) is 6. The zero-order chi connectivity index (χ0) is 18.8. The van der Waals surface area contributed by atoms with E-state index in [9.17, 15) is 4.79 Å². The molecule has 4 rings (SSSR count). The van der Waals surface area contributed by atoms with Gasteiger partial charge in [-0.1, -0.05) is 0 Å². The van der Waals surface area contributed by atoms with Crippen LogP contribution in [0.4, 0.5) is 4.79 Å². The predicted molar refractivity (Wildman–Crippen MR) is 106 cm³/mol. The average molecular weight is 392 g/mol. The summed E-state index contributed by atoms with van der Waals surface area (Å²) in [6, 6.07) is 0.578. The molecule has 4 heterocycles. The molecule has 0 N–H and O–H groups in total. The number of piperazine rings is 1. The second-order valence-corrected chi connectivity index (χ2v) is 8.33. The second-order valence-electron chi connectivity index (χ2n) is 7.45. The predicted octanol–water partition coefficient (Wildman–Crippen LogP) is 2.44. The summed E-state index contributed by atoms with van der Waals surface area (Å²) < 4.78 is 7.37. The fourth-order valence-corrected chi connectivity index (χ4v) is 5.08. The molecule has 8 heteroatoms. The maximum absolute atomic E-state index is 11.9. The lowest BCUT2D eigenvalue weighted by molar-refractivity contribution is 0.0409. The van der Waals surface area contributed by atoms with E-state index in [1.807, 2.05) is 11.8 Å². The summed E-state index contributed by atoms with van der Waals surface area (Å²) in [6.45, 7) is 11.0. The molecule has 2 fully saturated rings. The Labute approximate surface area is 164 Å². The largest absolute Gasteiger partial charge is 0.450 e. The van der Waals surface area contributed by atoms with Crippen molar-refractivity contribution in [2.45, 2.75) is 39.3 Å². The number of fused-ring (bicyclic) bond motifs is 1. The summed E-state index contributed by atoms with van der Waals surface area (Å²) in [4.78, 5) is 24.6. The van der Waals surface area contributed by atoms with Crippen molar-refractivity contribution in [3.63, 3.8) is 0 Å². The molecule has 0 spiro atoms. The smallest absolute Gasteiger partial charge is 0.409 e. The molecule has 148 valence electrons. The van der Waals surface area contributed by atoms with Gasteiger partial charge in [0.05, 0.1) is 18.0 Å². The Morgan fingerprint density at radius 3 is 2.89 bits per heavy atom. The van der Waals surface area contributed by atoms with E-state index in [0.717, 1.165) is 56.5 Å². The van der Waals surface area contributed by atoms with Gasteiger partial charge in [-0.15, -0.1) is 11.3 Å². The van der Waals surface area contributed by atoms with Gasteiger partial charge in [0.15, 0.2) is 4.96 Å². The maximum atomic E-state index is 11.9. The van der Waals surface area contributed by atoms with Crippen LogP contribution in [0.5, 0.6) is 0 Å². The Hall–Kier alpha value is -1.64. The van der Waals surface area contributed by atoms with Gasteiger partial charge in [0.25, 0.3) is 0 Å². The fraction of sp³-hybridized carbons (Fsp3) is 0.684. The van der Waals surface area contributed by atoms with Crippen molar-refractivity contribution in [1.29, 1.82) is 0 Å². The quantitative estimate of drug-likeness (QED) is 0.801. The molecule has 0 radical (unpaired) electrons. The number of carbonyl (C=O) groups is 1. The molecule has 1 amide bonds. The normalized spacial score (nSPS) is 22.4. The van der Waals surface area contributed by atoms with Crippen molar-refractivity contribution in [3.8, 4) is 0 Å². The summed E-state index contributed by atoms with van der Waals surface area (Å²) in [5.41, 5.74) is 2.46. The van der Waals surface area contributed by atoms with Crippen LogP contribution in [0.15, 0.2) is 11.6 Å². The molecule has 0 bridgehead atoms. The molecule has 2 aliphatic rings. The van der Waals surface area contributed by atoms with Crippen LogP contribution in [0, 0.1) is 6.92 Å². The molecule has 1 atom stereocenters. The van der Waals surface area contributed by atoms with E-state index in [0.29, 0.717) is 12.6 Å². The topological polar surface area (TPSA) is 53.3 Å². The van der Waals surface area contributed by atoms with Gasteiger partial charge in [0.2, 0.25) is 0 Å². The molecule has 2 aliphatic heterocycles. The van der Waals surface area contributed by atoms with Crippen LogP contribution in [-0.2, 0) is 11.3 Å². The Morgan fingerprint density at radius 2 is 2.11 bits per heavy atom. The van der Waals surface area contributed by atoms with Gasteiger partial charge in [-0.05, 0) is 33.2 Å². The first-order valence-electron chi connectivity index (χ1n) is 9.95. The summed E-state index contributed by atoms with van der Waals surface area (Å²) in [5, 5.41) is 2.10. The van der Waals surface area contributed by atoms with Crippen LogP contribution in [0.1, 0.15) is 31.2 Å². The van der Waals surface area contributed by atoms with Crippen molar-refractivity contribution in [3.05, 3.63) is 23.0 Å². The Kier molecular flexibility index (Phi) is 5.66. The van der Waals surface area contributed by atoms with E-state index in [4.69, 9.17) is 4.74 Å². The van der Waals surface area contributed by atoms with Gasteiger partial charge in [-0.2, -0.15) is 0 Å². The minimum absolute atomic E-state index is 0.168. The summed E-state index contributed by atoms with van der Waals surface area (Å²) in [7, 11) is 0. The minimum Gasteiger partial charge on any atom is -0.450 e. The number of ether oxygens (including phenoxy) is 1. The molecule has 0 saturated carbocycles. The third-order valence-corrected chi connectivity index (χ3v) is 6.53. The van der Waals surface area contributed by atoms with Gasteiger partial charge in [0, 0.05) is 56.9 Å². The van der Waals surface area contributed by atoms with E-state index >= 15 is 0 Å².